The van der Waals surface area contributed by atoms with Gasteiger partial charge in [-0.3, -0.25) is 4.79 Å². The van der Waals surface area contributed by atoms with E-state index in [0.29, 0.717) is 30.3 Å². The molecule has 2 heterocycles. The second-order valence-corrected chi connectivity index (χ2v) is 8.79. The maximum Gasteiger partial charge on any atom is 0.255 e. The summed E-state index contributed by atoms with van der Waals surface area (Å²) in [5.74, 6) is 0.836. The third-order valence-corrected chi connectivity index (χ3v) is 6.56. The lowest BCUT2D eigenvalue weighted by molar-refractivity contribution is 0.0747. The van der Waals surface area contributed by atoms with Gasteiger partial charge in [0.2, 0.25) is 0 Å². The van der Waals surface area contributed by atoms with Crippen LogP contribution in [-0.2, 0) is 0 Å². The zero-order chi connectivity index (χ0) is 19.7. The summed E-state index contributed by atoms with van der Waals surface area (Å²) in [6.07, 6.45) is 0. The molecule has 2 aromatic carbocycles. The Labute approximate surface area is 181 Å². The molecule has 28 heavy (non-hydrogen) atoms. The van der Waals surface area contributed by atoms with Gasteiger partial charge in [-0.15, -0.1) is 0 Å². The first kappa shape index (κ1) is 19.5. The molecule has 1 fully saturated rings. The maximum atomic E-state index is 12.8. The minimum atomic E-state index is -0.0309. The summed E-state index contributed by atoms with van der Waals surface area (Å²) in [5.41, 5.74) is 1.51. The molecule has 0 bridgehead atoms. The number of halogens is 2. The number of thiazole rings is 1. The quantitative estimate of drug-likeness (QED) is 0.523. The molecule has 3 aromatic rings. The Balaban J connectivity index is 1.46. The number of anilines is 1. The molecule has 5 nitrogen and oxygen atoms in total. The van der Waals surface area contributed by atoms with E-state index < -0.39 is 0 Å². The van der Waals surface area contributed by atoms with Crippen molar-refractivity contribution >= 4 is 60.1 Å². The van der Waals surface area contributed by atoms with Crippen LogP contribution in [0.4, 0.5) is 5.13 Å². The molecule has 0 saturated carbocycles. The van der Waals surface area contributed by atoms with Crippen molar-refractivity contribution in [3.63, 3.8) is 0 Å². The van der Waals surface area contributed by atoms with Gasteiger partial charge in [0.25, 0.3) is 5.91 Å². The Morgan fingerprint density at radius 3 is 2.75 bits per heavy atom. The summed E-state index contributed by atoms with van der Waals surface area (Å²) in [4.78, 5) is 21.7. The number of piperazine rings is 1. The number of hydrogen-bond donors (Lipinski definition) is 0. The summed E-state index contributed by atoms with van der Waals surface area (Å²) in [5, 5.41) is 1.46. The fraction of sp³-hybridized carbons (Fsp3) is 0.300. The lowest BCUT2D eigenvalue weighted by Crippen LogP contribution is -2.48. The Morgan fingerprint density at radius 2 is 2.00 bits per heavy atom. The zero-order valence-corrected chi connectivity index (χ0v) is 18.5. The number of carbonyl (C=O) groups is 1. The number of aromatic nitrogens is 1. The van der Waals surface area contributed by atoms with E-state index in [1.54, 1.807) is 23.5 Å². The first-order valence-electron chi connectivity index (χ1n) is 9.08. The van der Waals surface area contributed by atoms with Gasteiger partial charge >= 0.3 is 0 Å². The fourth-order valence-corrected chi connectivity index (χ4v) is 4.82. The highest BCUT2D eigenvalue weighted by atomic mass is 79.9. The van der Waals surface area contributed by atoms with Crippen molar-refractivity contribution in [1.82, 2.24) is 9.88 Å². The minimum absolute atomic E-state index is 0.0309. The Bertz CT molecular complexity index is 1020. The van der Waals surface area contributed by atoms with Crippen LogP contribution in [0.15, 0.2) is 40.9 Å². The molecule has 1 aromatic heterocycles. The van der Waals surface area contributed by atoms with Gasteiger partial charge < -0.3 is 14.5 Å². The number of fused-ring (bicyclic) bond motifs is 1. The molecule has 4 rings (SSSR count). The largest absolute Gasteiger partial charge is 0.494 e. The van der Waals surface area contributed by atoms with E-state index in [4.69, 9.17) is 21.3 Å². The van der Waals surface area contributed by atoms with Crippen LogP contribution in [-0.4, -0.2) is 48.6 Å². The van der Waals surface area contributed by atoms with Gasteiger partial charge in [0.15, 0.2) is 5.13 Å². The first-order valence-corrected chi connectivity index (χ1v) is 11.1. The van der Waals surface area contributed by atoms with E-state index in [-0.39, 0.29) is 5.91 Å². The molecule has 0 unspecified atom stereocenters. The van der Waals surface area contributed by atoms with Gasteiger partial charge in [-0.05, 0) is 43.3 Å². The average Bonchev–Trinajstić information content (AvgIpc) is 3.13. The molecule has 1 saturated heterocycles. The van der Waals surface area contributed by atoms with Crippen molar-refractivity contribution in [2.45, 2.75) is 6.92 Å². The lowest BCUT2D eigenvalue weighted by Gasteiger charge is -2.34. The molecule has 1 aliphatic heterocycles. The topological polar surface area (TPSA) is 45.7 Å². The maximum absolute atomic E-state index is 12.8. The highest BCUT2D eigenvalue weighted by Crippen LogP contribution is 2.32. The second-order valence-electron chi connectivity index (χ2n) is 6.46. The van der Waals surface area contributed by atoms with E-state index in [2.05, 4.69) is 20.8 Å². The van der Waals surface area contributed by atoms with E-state index in [1.165, 1.54) is 0 Å². The van der Waals surface area contributed by atoms with Gasteiger partial charge in [-0.25, -0.2) is 4.98 Å². The standard InChI is InChI=1S/C20H19BrClN3O2S/c1-2-27-14-4-6-17-18(12-14)28-20(23-17)25-9-7-24(8-10-25)19(26)15-11-13(21)3-5-16(15)22/h3-6,11-12H,2,7-10H2,1H3. The molecule has 1 amide bonds. The van der Waals surface area contributed by atoms with Crippen LogP contribution >= 0.6 is 38.9 Å². The van der Waals surface area contributed by atoms with E-state index in [1.807, 2.05) is 36.1 Å². The van der Waals surface area contributed by atoms with Gasteiger partial charge in [0, 0.05) is 30.7 Å². The normalized spacial score (nSPS) is 14.5. The Kier molecular flexibility index (Phi) is 5.75. The molecular formula is C20H19BrClN3O2S. The summed E-state index contributed by atoms with van der Waals surface area (Å²) >= 11 is 11.3. The smallest absolute Gasteiger partial charge is 0.255 e. The number of hydrogen-bond acceptors (Lipinski definition) is 5. The van der Waals surface area contributed by atoms with Crippen LogP contribution in [0.25, 0.3) is 10.2 Å². The summed E-state index contributed by atoms with van der Waals surface area (Å²) in [6, 6.07) is 11.3. The monoisotopic (exact) mass is 479 g/mol. The molecule has 0 spiro atoms. The van der Waals surface area contributed by atoms with Gasteiger partial charge in [-0.2, -0.15) is 0 Å². The zero-order valence-electron chi connectivity index (χ0n) is 15.3. The van der Waals surface area contributed by atoms with Crippen LogP contribution < -0.4 is 9.64 Å². The van der Waals surface area contributed by atoms with E-state index >= 15 is 0 Å². The molecule has 8 heteroatoms. The molecular weight excluding hydrogens is 462 g/mol. The Hall–Kier alpha value is -1.83. The number of nitrogens with zero attached hydrogens (tertiary/aromatic N) is 3. The Morgan fingerprint density at radius 1 is 1.21 bits per heavy atom. The van der Waals surface area contributed by atoms with Crippen LogP contribution in [0, 0.1) is 0 Å². The van der Waals surface area contributed by atoms with E-state index in [9.17, 15) is 4.79 Å². The SMILES string of the molecule is CCOc1ccc2nc(N3CCN(C(=O)c4cc(Br)ccc4Cl)CC3)sc2c1. The third-order valence-electron chi connectivity index (χ3n) is 4.66. The fourth-order valence-electron chi connectivity index (χ4n) is 3.22. The van der Waals surface area contributed by atoms with Crippen LogP contribution in [0.2, 0.25) is 5.02 Å². The number of rotatable bonds is 4. The number of carbonyl (C=O) groups excluding carboxylic acids is 1. The molecule has 146 valence electrons. The lowest BCUT2D eigenvalue weighted by atomic mass is 10.2. The van der Waals surface area contributed by atoms with Crippen LogP contribution in [0.5, 0.6) is 5.75 Å². The van der Waals surface area contributed by atoms with Crippen LogP contribution in [0.1, 0.15) is 17.3 Å². The summed E-state index contributed by atoms with van der Waals surface area (Å²) in [7, 11) is 0. The van der Waals surface area contributed by atoms with Gasteiger partial charge in [0.05, 0.1) is 27.4 Å². The molecule has 0 aliphatic carbocycles. The minimum Gasteiger partial charge on any atom is -0.494 e. The molecule has 1 aliphatic rings. The van der Waals surface area contributed by atoms with Crippen molar-refractivity contribution in [2.75, 3.05) is 37.7 Å². The van der Waals surface area contributed by atoms with Crippen molar-refractivity contribution in [3.05, 3.63) is 51.5 Å². The summed E-state index contributed by atoms with van der Waals surface area (Å²) < 4.78 is 7.53. The molecule has 0 radical (unpaired) electrons. The van der Waals surface area contributed by atoms with E-state index in [0.717, 1.165) is 38.7 Å². The highest BCUT2D eigenvalue weighted by molar-refractivity contribution is 9.10. The van der Waals surface area contributed by atoms with Crippen molar-refractivity contribution in [1.29, 1.82) is 0 Å². The predicted molar refractivity (Wildman–Crippen MR) is 118 cm³/mol. The third kappa shape index (κ3) is 3.97. The van der Waals surface area contributed by atoms with Gasteiger partial charge in [-0.1, -0.05) is 38.9 Å². The average molecular weight is 481 g/mol. The molecule has 0 atom stereocenters. The van der Waals surface area contributed by atoms with Gasteiger partial charge in [0.1, 0.15) is 5.75 Å². The second kappa shape index (κ2) is 8.27. The summed E-state index contributed by atoms with van der Waals surface area (Å²) in [6.45, 7) is 5.40. The first-order chi connectivity index (χ1) is 13.5. The number of ether oxygens (including phenoxy) is 1. The van der Waals surface area contributed by atoms with Crippen molar-refractivity contribution in [3.8, 4) is 5.75 Å². The highest BCUT2D eigenvalue weighted by Gasteiger charge is 2.25. The van der Waals surface area contributed by atoms with Crippen molar-refractivity contribution < 1.29 is 9.53 Å². The number of benzene rings is 2. The predicted octanol–water partition coefficient (Wildman–Crippen LogP) is 5.07. The van der Waals surface area contributed by atoms with Crippen LogP contribution in [0.3, 0.4) is 0 Å². The van der Waals surface area contributed by atoms with Crippen molar-refractivity contribution in [2.24, 2.45) is 0 Å². The molecule has 0 N–H and O–H groups in total. The number of amides is 1.